The lowest BCUT2D eigenvalue weighted by Gasteiger charge is -2.20. The Balaban J connectivity index is 1.82. The van der Waals surface area contributed by atoms with Crippen molar-refractivity contribution in [2.45, 2.75) is 58.1 Å². The molecule has 0 bridgehead atoms. The van der Waals surface area contributed by atoms with Crippen LogP contribution >= 0.6 is 11.9 Å². The number of hydrogen-bond donors (Lipinski definition) is 1. The highest BCUT2D eigenvalue weighted by atomic mass is 32.2. The van der Waals surface area contributed by atoms with Crippen LogP contribution in [0.3, 0.4) is 0 Å². The lowest BCUT2D eigenvalue weighted by atomic mass is 9.96. The Morgan fingerprint density at radius 1 is 1.16 bits per heavy atom. The summed E-state index contributed by atoms with van der Waals surface area (Å²) in [5, 5.41) is 1.36. The molecule has 0 atom stereocenters. The zero-order valence-corrected chi connectivity index (χ0v) is 18.5. The second kappa shape index (κ2) is 8.13. The van der Waals surface area contributed by atoms with E-state index >= 15 is 4.39 Å². The zero-order chi connectivity index (χ0) is 22.4. The number of fused-ring (bicyclic) bond motifs is 1. The number of rotatable bonds is 6. The third kappa shape index (κ3) is 5.06. The van der Waals surface area contributed by atoms with E-state index in [0.29, 0.717) is 18.3 Å². The normalized spacial score (nSPS) is 15.1. The van der Waals surface area contributed by atoms with Crippen LogP contribution in [0.5, 0.6) is 0 Å². The van der Waals surface area contributed by atoms with Crippen LogP contribution in [-0.2, 0) is 19.3 Å². The van der Waals surface area contributed by atoms with E-state index in [1.54, 1.807) is 18.0 Å². The van der Waals surface area contributed by atoms with Crippen LogP contribution in [0.25, 0.3) is 22.0 Å². The van der Waals surface area contributed by atoms with Crippen molar-refractivity contribution in [2.75, 3.05) is 0 Å². The van der Waals surface area contributed by atoms with Crippen molar-refractivity contribution < 1.29 is 17.6 Å². The summed E-state index contributed by atoms with van der Waals surface area (Å²) in [5.74, 6) is -0.672. The summed E-state index contributed by atoms with van der Waals surface area (Å²) in [7, 11) is 0. The van der Waals surface area contributed by atoms with Gasteiger partial charge in [0.05, 0.1) is 5.56 Å². The molecule has 3 aromatic rings. The minimum Gasteiger partial charge on any atom is -0.347 e. The summed E-state index contributed by atoms with van der Waals surface area (Å²) in [4.78, 5) is 3.59. The lowest BCUT2D eigenvalue weighted by Crippen LogP contribution is -2.14. The van der Waals surface area contributed by atoms with E-state index in [4.69, 9.17) is 0 Å². The van der Waals surface area contributed by atoms with Gasteiger partial charge in [0, 0.05) is 53.4 Å². The van der Waals surface area contributed by atoms with Gasteiger partial charge in [0.25, 0.3) is 0 Å². The highest BCUT2D eigenvalue weighted by molar-refractivity contribution is 7.98. The molecule has 1 N–H and O–H groups in total. The fourth-order valence-corrected chi connectivity index (χ4v) is 4.50. The Hall–Kier alpha value is -2.06. The fraction of sp³-hybridized carbons (Fsp3) is 0.435. The van der Waals surface area contributed by atoms with Crippen LogP contribution in [0.15, 0.2) is 36.8 Å². The first-order valence-electron chi connectivity index (χ1n) is 10.2. The molecule has 8 heteroatoms. The van der Waals surface area contributed by atoms with Crippen molar-refractivity contribution >= 4 is 22.9 Å². The highest BCUT2D eigenvalue weighted by Gasteiger charge is 2.34. The third-order valence-electron chi connectivity index (χ3n) is 5.15. The molecule has 0 saturated heterocycles. The Morgan fingerprint density at radius 2 is 1.90 bits per heavy atom. The van der Waals surface area contributed by atoms with Gasteiger partial charge in [-0.3, -0.25) is 9.71 Å². The molecular formula is C23H25F4N3S. The molecule has 1 saturated carbocycles. The summed E-state index contributed by atoms with van der Waals surface area (Å²) < 4.78 is 61.1. The van der Waals surface area contributed by atoms with E-state index in [2.05, 4.69) is 30.5 Å². The van der Waals surface area contributed by atoms with Gasteiger partial charge in [-0.2, -0.15) is 13.2 Å². The molecule has 1 aromatic carbocycles. The molecular weight excluding hydrogens is 426 g/mol. The van der Waals surface area contributed by atoms with Gasteiger partial charge in [-0.15, -0.1) is 0 Å². The van der Waals surface area contributed by atoms with Crippen molar-refractivity contribution in [2.24, 2.45) is 5.41 Å². The molecule has 1 aliphatic rings. The van der Waals surface area contributed by atoms with E-state index in [1.165, 1.54) is 31.2 Å². The largest absolute Gasteiger partial charge is 0.418 e. The standard InChI is InChI=1S/C23H25F4N3S/c1-22(2,3)13-30-12-14(10-29-31-15-4-5-15)17-8-20(24)18(9-21(17)30)16-6-7-28-11-19(16)23(25,26)27/h6-9,11-12,15,29H,4-5,10,13H2,1-3H3. The molecule has 0 radical (unpaired) electrons. The predicted molar refractivity (Wildman–Crippen MR) is 117 cm³/mol. The SMILES string of the molecule is CC(C)(C)Cn1cc(CNSC2CC2)c2cc(F)c(-c3ccncc3C(F)(F)F)cc21. The number of nitrogens with one attached hydrogen (secondary N) is 1. The van der Waals surface area contributed by atoms with Gasteiger partial charge >= 0.3 is 6.18 Å². The number of nitrogens with zero attached hydrogens (tertiary/aromatic N) is 2. The van der Waals surface area contributed by atoms with Gasteiger partial charge in [0.1, 0.15) is 5.82 Å². The number of aromatic nitrogens is 2. The van der Waals surface area contributed by atoms with Crippen LogP contribution in [0.1, 0.15) is 44.7 Å². The molecule has 166 valence electrons. The zero-order valence-electron chi connectivity index (χ0n) is 17.7. The molecule has 0 amide bonds. The molecule has 0 spiro atoms. The lowest BCUT2D eigenvalue weighted by molar-refractivity contribution is -0.137. The highest BCUT2D eigenvalue weighted by Crippen LogP contribution is 2.39. The van der Waals surface area contributed by atoms with Crippen molar-refractivity contribution in [3.05, 3.63) is 53.7 Å². The van der Waals surface area contributed by atoms with Gasteiger partial charge in [-0.05, 0) is 47.6 Å². The van der Waals surface area contributed by atoms with Gasteiger partial charge in [0.2, 0.25) is 0 Å². The minimum absolute atomic E-state index is 0.0538. The quantitative estimate of drug-likeness (QED) is 0.330. The summed E-state index contributed by atoms with van der Waals surface area (Å²) in [6, 6.07) is 4.13. The Kier molecular flexibility index (Phi) is 5.81. The minimum atomic E-state index is -4.62. The smallest absolute Gasteiger partial charge is 0.347 e. The van der Waals surface area contributed by atoms with Crippen molar-refractivity contribution in [3.63, 3.8) is 0 Å². The van der Waals surface area contributed by atoms with E-state index in [9.17, 15) is 13.2 Å². The number of alkyl halides is 3. The fourth-order valence-electron chi connectivity index (χ4n) is 3.65. The molecule has 31 heavy (non-hydrogen) atoms. The number of halogens is 4. The molecule has 2 aromatic heterocycles. The number of benzene rings is 1. The van der Waals surface area contributed by atoms with Crippen LogP contribution < -0.4 is 4.72 Å². The van der Waals surface area contributed by atoms with E-state index in [0.717, 1.165) is 22.7 Å². The van der Waals surface area contributed by atoms with Gasteiger partial charge < -0.3 is 4.57 Å². The van der Waals surface area contributed by atoms with Gasteiger partial charge in [0.15, 0.2) is 0 Å². The van der Waals surface area contributed by atoms with Crippen LogP contribution in [0, 0.1) is 11.2 Å². The monoisotopic (exact) mass is 451 g/mol. The Labute approximate surface area is 183 Å². The maximum absolute atomic E-state index is 15.1. The summed E-state index contributed by atoms with van der Waals surface area (Å²) >= 11 is 1.69. The van der Waals surface area contributed by atoms with Crippen LogP contribution in [0.4, 0.5) is 17.6 Å². The second-order valence-corrected chi connectivity index (χ2v) is 10.4. The number of pyridine rings is 1. The van der Waals surface area contributed by atoms with Gasteiger partial charge in [-0.1, -0.05) is 32.7 Å². The number of hydrogen-bond acceptors (Lipinski definition) is 3. The van der Waals surface area contributed by atoms with Crippen LogP contribution in [0.2, 0.25) is 0 Å². The first kappa shape index (κ1) is 22.1. The topological polar surface area (TPSA) is 29.9 Å². The average Bonchev–Trinajstić information content (AvgIpc) is 3.43. The molecule has 2 heterocycles. The van der Waals surface area contributed by atoms with E-state index in [-0.39, 0.29) is 16.5 Å². The molecule has 0 aliphatic heterocycles. The second-order valence-electron chi connectivity index (χ2n) is 9.25. The van der Waals surface area contributed by atoms with Crippen molar-refractivity contribution in [1.29, 1.82) is 0 Å². The van der Waals surface area contributed by atoms with E-state index in [1.807, 2.05) is 10.8 Å². The Morgan fingerprint density at radius 3 is 2.55 bits per heavy atom. The molecule has 1 fully saturated rings. The summed E-state index contributed by atoms with van der Waals surface area (Å²) in [6.45, 7) is 7.50. The van der Waals surface area contributed by atoms with Gasteiger partial charge in [-0.25, -0.2) is 4.39 Å². The molecule has 1 aliphatic carbocycles. The predicted octanol–water partition coefficient (Wildman–Crippen LogP) is 6.81. The van der Waals surface area contributed by atoms with Crippen molar-refractivity contribution in [3.8, 4) is 11.1 Å². The molecule has 4 rings (SSSR count). The maximum atomic E-state index is 15.1. The molecule has 3 nitrogen and oxygen atoms in total. The first-order valence-corrected chi connectivity index (χ1v) is 11.1. The average molecular weight is 452 g/mol. The van der Waals surface area contributed by atoms with Crippen molar-refractivity contribution in [1.82, 2.24) is 14.3 Å². The van der Waals surface area contributed by atoms with Crippen LogP contribution in [-0.4, -0.2) is 14.8 Å². The first-order chi connectivity index (χ1) is 14.5. The summed E-state index contributed by atoms with van der Waals surface area (Å²) in [6.07, 6.45) is 1.78. The Bertz CT molecular complexity index is 1090. The van der Waals surface area contributed by atoms with E-state index < -0.39 is 17.6 Å². The molecule has 0 unspecified atom stereocenters. The maximum Gasteiger partial charge on any atom is 0.418 e. The summed E-state index contributed by atoms with van der Waals surface area (Å²) in [5.41, 5.74) is 0.400. The third-order valence-corrected chi connectivity index (χ3v) is 6.27.